The van der Waals surface area contributed by atoms with E-state index in [2.05, 4.69) is 164 Å². The molecule has 1 aliphatic rings. The number of nitrogens with one attached hydrogen (secondary N) is 1. The van der Waals surface area contributed by atoms with Crippen LogP contribution in [-0.4, -0.2) is 0 Å². The fourth-order valence-electron chi connectivity index (χ4n) is 6.07. The summed E-state index contributed by atoms with van der Waals surface area (Å²) >= 11 is 0. The summed E-state index contributed by atoms with van der Waals surface area (Å²) in [5, 5.41) is 3.64. The summed E-state index contributed by atoms with van der Waals surface area (Å²) in [5.74, 6) is 0. The van der Waals surface area contributed by atoms with Crippen molar-refractivity contribution in [2.75, 3.05) is 5.32 Å². The largest absolute Gasteiger partial charge is 0.356 e. The van der Waals surface area contributed by atoms with Crippen molar-refractivity contribution in [2.24, 2.45) is 0 Å². The van der Waals surface area contributed by atoms with Gasteiger partial charge in [0.2, 0.25) is 0 Å². The van der Waals surface area contributed by atoms with Gasteiger partial charge >= 0.3 is 0 Å². The number of hydrogen-bond acceptors (Lipinski definition) is 1. The molecule has 0 unspecified atom stereocenters. The molecule has 0 fully saturated rings. The highest BCUT2D eigenvalue weighted by Crippen LogP contribution is 2.52. The van der Waals surface area contributed by atoms with E-state index in [4.69, 9.17) is 0 Å². The van der Waals surface area contributed by atoms with Gasteiger partial charge in [-0.25, -0.2) is 0 Å². The normalized spacial score (nSPS) is 12.9. The van der Waals surface area contributed by atoms with E-state index in [0.29, 0.717) is 0 Å². The first-order chi connectivity index (χ1) is 19.2. The molecule has 0 aromatic heterocycles. The maximum Gasteiger partial charge on any atom is 0.0436 e. The van der Waals surface area contributed by atoms with Crippen LogP contribution in [0, 0.1) is 0 Å². The first-order valence-electron chi connectivity index (χ1n) is 13.5. The maximum atomic E-state index is 3.64. The van der Waals surface area contributed by atoms with Crippen molar-refractivity contribution in [3.8, 4) is 33.4 Å². The summed E-state index contributed by atoms with van der Waals surface area (Å²) in [4.78, 5) is 0. The van der Waals surface area contributed by atoms with E-state index in [0.717, 1.165) is 11.4 Å². The second-order valence-electron chi connectivity index (χ2n) is 10.4. The van der Waals surface area contributed by atoms with Crippen LogP contribution in [0.25, 0.3) is 33.4 Å². The Morgan fingerprint density at radius 3 is 1.49 bits per heavy atom. The Labute approximate surface area is 230 Å². The van der Waals surface area contributed by atoms with Gasteiger partial charge in [0.15, 0.2) is 0 Å². The zero-order valence-electron chi connectivity index (χ0n) is 21.9. The first-order valence-corrected chi connectivity index (χ1v) is 13.5. The summed E-state index contributed by atoms with van der Waals surface area (Å²) in [7, 11) is 0. The minimum atomic E-state index is -0.194. The number of hydrogen-bond donors (Lipinski definition) is 1. The molecule has 6 aromatic carbocycles. The van der Waals surface area contributed by atoms with Gasteiger partial charge in [0, 0.05) is 16.8 Å². The lowest BCUT2D eigenvalue weighted by Gasteiger charge is -2.28. The summed E-state index contributed by atoms with van der Waals surface area (Å²) < 4.78 is 0. The Morgan fingerprint density at radius 1 is 0.410 bits per heavy atom. The molecule has 0 aliphatic heterocycles. The maximum absolute atomic E-state index is 3.64. The molecule has 7 rings (SSSR count). The number of benzene rings is 6. The predicted octanol–water partition coefficient (Wildman–Crippen LogP) is 10.1. The Balaban J connectivity index is 1.15. The lowest BCUT2D eigenvalue weighted by Crippen LogP contribution is -2.22. The molecule has 1 heteroatoms. The van der Waals surface area contributed by atoms with Crippen LogP contribution in [0.1, 0.15) is 23.6 Å². The molecule has 0 atom stereocenters. The van der Waals surface area contributed by atoms with Crippen molar-refractivity contribution < 1.29 is 0 Å². The fraction of sp³-hybridized carbons (Fsp3) is 0.0526. The molecule has 1 nitrogen and oxygen atoms in total. The van der Waals surface area contributed by atoms with E-state index in [-0.39, 0.29) is 5.41 Å². The Hall–Kier alpha value is -4.88. The molecular weight excluding hydrogens is 470 g/mol. The predicted molar refractivity (Wildman–Crippen MR) is 164 cm³/mol. The molecule has 1 aliphatic carbocycles. The van der Waals surface area contributed by atoms with Gasteiger partial charge in [-0.05, 0) is 81.3 Å². The minimum Gasteiger partial charge on any atom is -0.356 e. The second-order valence-corrected chi connectivity index (χ2v) is 10.4. The Morgan fingerprint density at radius 2 is 0.897 bits per heavy atom. The first kappa shape index (κ1) is 23.3. The lowest BCUT2D eigenvalue weighted by molar-refractivity contribution is 0.714. The van der Waals surface area contributed by atoms with Gasteiger partial charge < -0.3 is 5.32 Å². The third kappa shape index (κ3) is 4.04. The van der Waals surface area contributed by atoms with Gasteiger partial charge in [0.1, 0.15) is 0 Å². The van der Waals surface area contributed by atoms with E-state index in [1.165, 1.54) is 50.1 Å². The van der Waals surface area contributed by atoms with Crippen LogP contribution in [0.2, 0.25) is 0 Å². The second kappa shape index (κ2) is 9.45. The van der Waals surface area contributed by atoms with Crippen LogP contribution in [0.5, 0.6) is 0 Å². The number of anilines is 2. The number of fused-ring (bicyclic) bond motifs is 3. The molecule has 0 heterocycles. The van der Waals surface area contributed by atoms with Crippen molar-refractivity contribution in [1.29, 1.82) is 0 Å². The zero-order chi connectivity index (χ0) is 26.2. The van der Waals surface area contributed by atoms with Crippen LogP contribution in [0.4, 0.5) is 11.4 Å². The van der Waals surface area contributed by atoms with Crippen LogP contribution in [0.15, 0.2) is 152 Å². The smallest absolute Gasteiger partial charge is 0.0436 e. The molecule has 0 saturated carbocycles. The standard InChI is InChI=1S/C38H29N/c1-38(36-16-7-5-14-34(36)35-15-6-8-17-37(35)38)31-12-9-13-33(26-31)39-32-24-22-30(23-25-32)29-20-18-28(19-21-29)27-10-3-2-4-11-27/h2-26,39H,1H3. The highest BCUT2D eigenvalue weighted by molar-refractivity contribution is 5.83. The molecule has 0 saturated heterocycles. The Kier molecular flexibility index (Phi) is 5.64. The third-order valence-electron chi connectivity index (χ3n) is 8.16. The van der Waals surface area contributed by atoms with Crippen LogP contribution in [0.3, 0.4) is 0 Å². The van der Waals surface area contributed by atoms with Gasteiger partial charge in [-0.1, -0.05) is 127 Å². The topological polar surface area (TPSA) is 12.0 Å². The van der Waals surface area contributed by atoms with Gasteiger partial charge in [-0.15, -0.1) is 0 Å². The van der Waals surface area contributed by atoms with E-state index < -0.39 is 0 Å². The molecular formula is C38H29N. The molecule has 0 amide bonds. The van der Waals surface area contributed by atoms with Gasteiger partial charge in [0.05, 0.1) is 0 Å². The zero-order valence-corrected chi connectivity index (χ0v) is 21.9. The van der Waals surface area contributed by atoms with Crippen molar-refractivity contribution in [3.05, 3.63) is 168 Å². The van der Waals surface area contributed by atoms with Crippen molar-refractivity contribution in [1.82, 2.24) is 0 Å². The van der Waals surface area contributed by atoms with Gasteiger partial charge in [-0.2, -0.15) is 0 Å². The Bertz CT molecular complexity index is 1720. The molecule has 0 spiro atoms. The summed E-state index contributed by atoms with van der Waals surface area (Å²) in [5.41, 5.74) is 13.6. The van der Waals surface area contributed by atoms with E-state index in [1.807, 2.05) is 0 Å². The summed E-state index contributed by atoms with van der Waals surface area (Å²) in [6.07, 6.45) is 0. The van der Waals surface area contributed by atoms with Gasteiger partial charge in [-0.3, -0.25) is 0 Å². The molecule has 1 N–H and O–H groups in total. The average Bonchev–Trinajstić information content (AvgIpc) is 3.28. The van der Waals surface area contributed by atoms with E-state index in [9.17, 15) is 0 Å². The van der Waals surface area contributed by atoms with Crippen molar-refractivity contribution in [3.63, 3.8) is 0 Å². The quantitative estimate of drug-likeness (QED) is 0.249. The highest BCUT2D eigenvalue weighted by atomic mass is 14.9. The average molecular weight is 500 g/mol. The van der Waals surface area contributed by atoms with E-state index in [1.54, 1.807) is 0 Å². The molecule has 39 heavy (non-hydrogen) atoms. The number of rotatable bonds is 5. The van der Waals surface area contributed by atoms with Crippen molar-refractivity contribution in [2.45, 2.75) is 12.3 Å². The molecule has 6 aromatic rings. The minimum absolute atomic E-state index is 0.194. The molecule has 0 bridgehead atoms. The van der Waals surface area contributed by atoms with Crippen LogP contribution >= 0.6 is 0 Å². The third-order valence-corrected chi connectivity index (χ3v) is 8.16. The van der Waals surface area contributed by atoms with Crippen LogP contribution in [-0.2, 0) is 5.41 Å². The molecule has 186 valence electrons. The van der Waals surface area contributed by atoms with Crippen molar-refractivity contribution >= 4 is 11.4 Å². The fourth-order valence-corrected chi connectivity index (χ4v) is 6.07. The lowest BCUT2D eigenvalue weighted by atomic mass is 9.74. The SMILES string of the molecule is CC1(c2cccc(Nc3ccc(-c4ccc(-c5ccccc5)cc4)cc3)c2)c2ccccc2-c2ccccc21. The monoisotopic (exact) mass is 499 g/mol. The summed E-state index contributed by atoms with van der Waals surface area (Å²) in [6.45, 7) is 2.36. The van der Waals surface area contributed by atoms with Crippen LogP contribution < -0.4 is 5.32 Å². The van der Waals surface area contributed by atoms with Gasteiger partial charge in [0.25, 0.3) is 0 Å². The summed E-state index contributed by atoms with van der Waals surface area (Å²) in [6, 6.07) is 54.5. The highest BCUT2D eigenvalue weighted by Gasteiger charge is 2.40. The van der Waals surface area contributed by atoms with E-state index >= 15 is 0 Å². The molecule has 0 radical (unpaired) electrons.